The lowest BCUT2D eigenvalue weighted by Gasteiger charge is -2.46. The van der Waals surface area contributed by atoms with Gasteiger partial charge in [-0.2, -0.15) is 10.2 Å². The summed E-state index contributed by atoms with van der Waals surface area (Å²) in [4.78, 5) is 13.7. The summed E-state index contributed by atoms with van der Waals surface area (Å²) in [6.07, 6.45) is 2.99. The number of piperidine rings is 1. The average Bonchev–Trinajstić information content (AvgIpc) is 2.69. The predicted octanol–water partition coefficient (Wildman–Crippen LogP) is 2.23. The molecule has 1 aliphatic heterocycles. The van der Waals surface area contributed by atoms with Crippen molar-refractivity contribution in [2.45, 2.75) is 41.9 Å². The highest BCUT2D eigenvalue weighted by atomic mass is 32.2. The summed E-state index contributed by atoms with van der Waals surface area (Å²) < 4.78 is 38.2. The van der Waals surface area contributed by atoms with Crippen LogP contribution in [0.5, 0.6) is 0 Å². The maximum Gasteiger partial charge on any atom is 0.321 e. The maximum atomic E-state index is 13.6. The van der Waals surface area contributed by atoms with Crippen LogP contribution < -0.4 is 5.32 Å². The number of halogens is 1. The second kappa shape index (κ2) is 7.68. The fourth-order valence-electron chi connectivity index (χ4n) is 3.43. The number of hydrogen-bond donors (Lipinski definition) is 2. The van der Waals surface area contributed by atoms with Gasteiger partial charge >= 0.3 is 6.03 Å². The molecule has 1 aromatic carbocycles. The van der Waals surface area contributed by atoms with Crippen molar-refractivity contribution in [3.05, 3.63) is 48.5 Å². The first-order chi connectivity index (χ1) is 13.6. The second-order valence-corrected chi connectivity index (χ2v) is 10.0. The smallest absolute Gasteiger partial charge is 0.321 e. The number of carbonyl (C=O) groups excluding carboxylic acids is 1. The molecule has 0 saturated carbocycles. The first-order valence-corrected chi connectivity index (χ1v) is 10.6. The SMILES string of the molecule is CC(C)(C1(O)CCN(C(=O)Nc2ccnnc2)CC1)S(=O)(=O)c1cccc(F)c1. The number of hydrogen-bond acceptors (Lipinski definition) is 6. The number of aromatic nitrogens is 2. The third-order valence-electron chi connectivity index (χ3n) is 5.61. The maximum absolute atomic E-state index is 13.6. The fraction of sp³-hybridized carbons (Fsp3) is 0.421. The summed E-state index contributed by atoms with van der Waals surface area (Å²) >= 11 is 0. The van der Waals surface area contributed by atoms with E-state index in [0.29, 0.717) is 5.69 Å². The molecule has 8 nitrogen and oxygen atoms in total. The summed E-state index contributed by atoms with van der Waals surface area (Å²) in [6, 6.07) is 5.98. The van der Waals surface area contributed by atoms with Gasteiger partial charge in [0.25, 0.3) is 0 Å². The van der Waals surface area contributed by atoms with Gasteiger partial charge in [0.15, 0.2) is 9.84 Å². The van der Waals surface area contributed by atoms with Gasteiger partial charge in [0, 0.05) is 13.1 Å². The second-order valence-electron chi connectivity index (χ2n) is 7.55. The van der Waals surface area contributed by atoms with E-state index in [4.69, 9.17) is 0 Å². The minimum atomic E-state index is -4.03. The number of nitrogens with zero attached hydrogens (tertiary/aromatic N) is 3. The van der Waals surface area contributed by atoms with Crippen LogP contribution in [0, 0.1) is 5.82 Å². The molecule has 2 N–H and O–H groups in total. The molecule has 2 heterocycles. The molecule has 0 spiro atoms. The molecule has 0 atom stereocenters. The van der Waals surface area contributed by atoms with Gasteiger partial charge in [-0.05, 0) is 51.0 Å². The van der Waals surface area contributed by atoms with Crippen molar-refractivity contribution >= 4 is 21.6 Å². The first-order valence-electron chi connectivity index (χ1n) is 9.12. The van der Waals surface area contributed by atoms with Gasteiger partial charge in [-0.3, -0.25) is 0 Å². The van der Waals surface area contributed by atoms with Crippen LogP contribution >= 0.6 is 0 Å². The molecular weight excluding hydrogens is 399 g/mol. The first kappa shape index (κ1) is 21.1. The average molecular weight is 422 g/mol. The molecule has 3 rings (SSSR count). The Balaban J connectivity index is 1.74. The van der Waals surface area contributed by atoms with E-state index >= 15 is 0 Å². The molecule has 10 heteroatoms. The zero-order chi connectivity index (χ0) is 21.3. The summed E-state index contributed by atoms with van der Waals surface area (Å²) in [5.41, 5.74) is -1.09. The van der Waals surface area contributed by atoms with Gasteiger partial charge in [-0.15, -0.1) is 0 Å². The van der Waals surface area contributed by atoms with Crippen LogP contribution in [0.25, 0.3) is 0 Å². The summed E-state index contributed by atoms with van der Waals surface area (Å²) in [5, 5.41) is 21.2. The van der Waals surface area contributed by atoms with Crippen LogP contribution in [-0.4, -0.2) is 58.1 Å². The molecule has 29 heavy (non-hydrogen) atoms. The van der Waals surface area contributed by atoms with Gasteiger partial charge in [0.2, 0.25) is 0 Å². The van der Waals surface area contributed by atoms with E-state index < -0.39 is 26.0 Å². The van der Waals surface area contributed by atoms with Crippen molar-refractivity contribution in [1.82, 2.24) is 15.1 Å². The Morgan fingerprint density at radius 2 is 1.93 bits per heavy atom. The van der Waals surface area contributed by atoms with Gasteiger partial charge in [0.1, 0.15) is 5.82 Å². The number of nitrogens with one attached hydrogen (secondary N) is 1. The molecule has 0 radical (unpaired) electrons. The lowest BCUT2D eigenvalue weighted by atomic mass is 9.81. The molecule has 1 aromatic heterocycles. The van der Waals surface area contributed by atoms with Crippen molar-refractivity contribution in [3.8, 4) is 0 Å². The molecule has 0 bridgehead atoms. The van der Waals surface area contributed by atoms with Gasteiger partial charge in [-0.1, -0.05) is 6.07 Å². The number of likely N-dealkylation sites (tertiary alicyclic amines) is 1. The number of urea groups is 1. The van der Waals surface area contributed by atoms with Crippen molar-refractivity contribution in [1.29, 1.82) is 0 Å². The van der Waals surface area contributed by atoms with E-state index in [2.05, 4.69) is 15.5 Å². The van der Waals surface area contributed by atoms with Crippen LogP contribution in [-0.2, 0) is 9.84 Å². The molecule has 0 aliphatic carbocycles. The summed E-state index contributed by atoms with van der Waals surface area (Å²) in [6.45, 7) is 3.21. The molecule has 1 fully saturated rings. The summed E-state index contributed by atoms with van der Waals surface area (Å²) in [7, 11) is -4.03. The van der Waals surface area contributed by atoms with Crippen LogP contribution in [0.3, 0.4) is 0 Å². The number of benzene rings is 1. The molecule has 2 aromatic rings. The quantitative estimate of drug-likeness (QED) is 0.781. The van der Waals surface area contributed by atoms with E-state index in [1.165, 1.54) is 43.3 Å². The topological polar surface area (TPSA) is 112 Å². The Labute approximate surface area is 168 Å². The third-order valence-corrected chi connectivity index (χ3v) is 8.21. The Morgan fingerprint density at radius 3 is 2.52 bits per heavy atom. The Bertz CT molecular complexity index is 990. The van der Waals surface area contributed by atoms with E-state index in [1.807, 2.05) is 0 Å². The molecule has 1 saturated heterocycles. The monoisotopic (exact) mass is 422 g/mol. The largest absolute Gasteiger partial charge is 0.388 e. The van der Waals surface area contributed by atoms with Crippen LogP contribution in [0.15, 0.2) is 47.6 Å². The van der Waals surface area contributed by atoms with Gasteiger partial charge in [-0.25, -0.2) is 17.6 Å². The highest BCUT2D eigenvalue weighted by Gasteiger charge is 2.54. The predicted molar refractivity (Wildman–Crippen MR) is 104 cm³/mol. The molecule has 2 amide bonds. The zero-order valence-electron chi connectivity index (χ0n) is 16.2. The molecule has 1 aliphatic rings. The standard InChI is InChI=1S/C19H23FN4O4S/c1-18(2,29(27,28)16-5-3-4-14(20)12-16)19(26)7-10-24(11-8-19)17(25)23-15-6-9-21-22-13-15/h3-6,9,12-13,26H,7-8,10-11H2,1-2H3,(H,21,23,25). The molecule has 156 valence electrons. The highest BCUT2D eigenvalue weighted by molar-refractivity contribution is 7.92. The number of sulfone groups is 1. The summed E-state index contributed by atoms with van der Waals surface area (Å²) in [5.74, 6) is -0.661. The van der Waals surface area contributed by atoms with Crippen molar-refractivity contribution in [3.63, 3.8) is 0 Å². The normalized spacial score (nSPS) is 17.0. The third kappa shape index (κ3) is 3.95. The van der Waals surface area contributed by atoms with E-state index in [0.717, 1.165) is 12.1 Å². The number of rotatable bonds is 4. The lowest BCUT2D eigenvalue weighted by Crippen LogP contribution is -2.60. The van der Waals surface area contributed by atoms with Crippen LogP contribution in [0.2, 0.25) is 0 Å². The van der Waals surface area contributed by atoms with Crippen molar-refractivity contribution < 1.29 is 22.7 Å². The van der Waals surface area contributed by atoms with E-state index in [1.54, 1.807) is 6.07 Å². The van der Waals surface area contributed by atoms with E-state index in [-0.39, 0.29) is 36.9 Å². The number of carbonyl (C=O) groups is 1. The fourth-order valence-corrected chi connectivity index (χ4v) is 5.25. The Hall–Kier alpha value is -2.59. The Morgan fingerprint density at radius 1 is 1.24 bits per heavy atom. The highest BCUT2D eigenvalue weighted by Crippen LogP contribution is 2.41. The number of amides is 2. The minimum absolute atomic E-state index is 0.0660. The zero-order valence-corrected chi connectivity index (χ0v) is 17.0. The number of aliphatic hydroxyl groups is 1. The van der Waals surface area contributed by atoms with Gasteiger partial charge in [0.05, 0.1) is 33.3 Å². The Kier molecular flexibility index (Phi) is 5.59. The molecular formula is C19H23FN4O4S. The van der Waals surface area contributed by atoms with Crippen LogP contribution in [0.4, 0.5) is 14.9 Å². The molecule has 0 unspecified atom stereocenters. The number of anilines is 1. The van der Waals surface area contributed by atoms with Crippen molar-refractivity contribution in [2.75, 3.05) is 18.4 Å². The van der Waals surface area contributed by atoms with E-state index in [9.17, 15) is 22.7 Å². The van der Waals surface area contributed by atoms with Crippen molar-refractivity contribution in [2.24, 2.45) is 0 Å². The lowest BCUT2D eigenvalue weighted by molar-refractivity contribution is -0.0374. The van der Waals surface area contributed by atoms with Crippen LogP contribution in [0.1, 0.15) is 26.7 Å². The van der Waals surface area contributed by atoms with Gasteiger partial charge < -0.3 is 15.3 Å². The minimum Gasteiger partial charge on any atom is -0.388 e.